The molecule has 0 fully saturated rings. The minimum absolute atomic E-state index is 0.773. The lowest BCUT2D eigenvalue weighted by atomic mass is 9.97. The van der Waals surface area contributed by atoms with Crippen molar-refractivity contribution in [2.45, 2.75) is 26.4 Å². The third-order valence-corrected chi connectivity index (χ3v) is 2.90. The van der Waals surface area contributed by atoms with Crippen LogP contribution in [0.1, 0.15) is 25.0 Å². The lowest BCUT2D eigenvalue weighted by molar-refractivity contribution is 0.0777. The summed E-state index contributed by atoms with van der Waals surface area (Å²) < 4.78 is 0.998. The van der Waals surface area contributed by atoms with Gasteiger partial charge in [-0.2, -0.15) is 0 Å². The van der Waals surface area contributed by atoms with Crippen molar-refractivity contribution < 1.29 is 5.11 Å². The van der Waals surface area contributed by atoms with Gasteiger partial charge in [0, 0.05) is 4.47 Å². The summed E-state index contributed by atoms with van der Waals surface area (Å²) in [6.07, 6.45) is 0. The highest BCUT2D eigenvalue weighted by Crippen LogP contribution is 2.29. The molecule has 12 heavy (non-hydrogen) atoms. The molecule has 1 aromatic carbocycles. The van der Waals surface area contributed by atoms with Crippen LogP contribution in [0.5, 0.6) is 0 Å². The molecule has 0 bridgehead atoms. The third-order valence-electron chi connectivity index (χ3n) is 1.85. The van der Waals surface area contributed by atoms with Gasteiger partial charge in [0.25, 0.3) is 0 Å². The van der Waals surface area contributed by atoms with Crippen LogP contribution in [0.4, 0.5) is 0 Å². The fourth-order valence-electron chi connectivity index (χ4n) is 1.12. The Morgan fingerprint density at radius 2 is 1.92 bits per heavy atom. The molecule has 0 radical (unpaired) electrons. The maximum Gasteiger partial charge on any atom is 0.0851 e. The van der Waals surface area contributed by atoms with E-state index < -0.39 is 5.60 Å². The molecule has 0 amide bonds. The summed E-state index contributed by atoms with van der Waals surface area (Å²) in [5, 5.41) is 9.76. The predicted octanol–water partition coefficient (Wildman–Crippen LogP) is 2.98. The van der Waals surface area contributed by atoms with Gasteiger partial charge in [0.2, 0.25) is 0 Å². The van der Waals surface area contributed by atoms with Crippen molar-refractivity contribution in [1.82, 2.24) is 0 Å². The van der Waals surface area contributed by atoms with Crippen molar-refractivity contribution in [2.24, 2.45) is 0 Å². The SMILES string of the molecule is Cc1cccc(C(C)(C)O)c1Br. The van der Waals surface area contributed by atoms with Gasteiger partial charge in [0.05, 0.1) is 5.60 Å². The Kier molecular flexibility index (Phi) is 2.59. The zero-order chi connectivity index (χ0) is 9.35. The highest BCUT2D eigenvalue weighted by atomic mass is 79.9. The Labute approximate surface area is 81.6 Å². The van der Waals surface area contributed by atoms with Gasteiger partial charge in [0.15, 0.2) is 0 Å². The molecular formula is C10H13BrO. The lowest BCUT2D eigenvalue weighted by Gasteiger charge is -2.20. The molecule has 1 aromatic rings. The second kappa shape index (κ2) is 3.19. The fourth-order valence-corrected chi connectivity index (χ4v) is 1.87. The summed E-state index contributed by atoms with van der Waals surface area (Å²) in [6.45, 7) is 5.58. The molecule has 0 spiro atoms. The topological polar surface area (TPSA) is 20.2 Å². The first-order chi connectivity index (χ1) is 5.43. The van der Waals surface area contributed by atoms with Crippen LogP contribution in [0.2, 0.25) is 0 Å². The molecule has 0 saturated heterocycles. The first-order valence-corrected chi connectivity index (χ1v) is 4.70. The largest absolute Gasteiger partial charge is 0.386 e. The van der Waals surface area contributed by atoms with Gasteiger partial charge in [-0.25, -0.2) is 0 Å². The highest BCUT2D eigenvalue weighted by Gasteiger charge is 2.19. The second-order valence-electron chi connectivity index (χ2n) is 3.50. The van der Waals surface area contributed by atoms with E-state index in [1.165, 1.54) is 0 Å². The summed E-state index contributed by atoms with van der Waals surface area (Å²) in [5.41, 5.74) is 1.31. The Morgan fingerprint density at radius 1 is 1.33 bits per heavy atom. The molecule has 1 nitrogen and oxygen atoms in total. The van der Waals surface area contributed by atoms with Crippen molar-refractivity contribution in [3.63, 3.8) is 0 Å². The van der Waals surface area contributed by atoms with Gasteiger partial charge < -0.3 is 5.11 Å². The van der Waals surface area contributed by atoms with Crippen molar-refractivity contribution >= 4 is 15.9 Å². The molecule has 0 aromatic heterocycles. The summed E-state index contributed by atoms with van der Waals surface area (Å²) >= 11 is 3.46. The number of halogens is 1. The Balaban J connectivity index is 3.26. The van der Waals surface area contributed by atoms with E-state index in [4.69, 9.17) is 0 Å². The van der Waals surface area contributed by atoms with Gasteiger partial charge in [0.1, 0.15) is 0 Å². The standard InChI is InChI=1S/C10H13BrO/c1-7-5-4-6-8(9(7)11)10(2,3)12/h4-6,12H,1-3H3. The zero-order valence-electron chi connectivity index (χ0n) is 7.56. The highest BCUT2D eigenvalue weighted by molar-refractivity contribution is 9.10. The normalized spacial score (nSPS) is 11.8. The molecule has 66 valence electrons. The van der Waals surface area contributed by atoms with Crippen LogP contribution in [-0.4, -0.2) is 5.11 Å². The molecule has 0 saturated carbocycles. The molecule has 0 atom stereocenters. The third kappa shape index (κ3) is 1.87. The molecule has 0 aliphatic heterocycles. The van der Waals surface area contributed by atoms with Gasteiger partial charge in [-0.1, -0.05) is 34.1 Å². The van der Waals surface area contributed by atoms with Crippen LogP contribution in [0.15, 0.2) is 22.7 Å². The maximum absolute atomic E-state index is 9.76. The average Bonchev–Trinajstić information content (AvgIpc) is 1.92. The van der Waals surface area contributed by atoms with Gasteiger partial charge >= 0.3 is 0 Å². The summed E-state index contributed by atoms with van der Waals surface area (Å²) in [7, 11) is 0. The van der Waals surface area contributed by atoms with E-state index in [2.05, 4.69) is 15.9 Å². The molecule has 0 heterocycles. The molecule has 0 aliphatic carbocycles. The van der Waals surface area contributed by atoms with Crippen LogP contribution >= 0.6 is 15.9 Å². The van der Waals surface area contributed by atoms with Crippen molar-refractivity contribution in [3.05, 3.63) is 33.8 Å². The lowest BCUT2D eigenvalue weighted by Crippen LogP contribution is -2.16. The van der Waals surface area contributed by atoms with Crippen LogP contribution in [0.25, 0.3) is 0 Å². The van der Waals surface area contributed by atoms with E-state index in [0.717, 1.165) is 15.6 Å². The van der Waals surface area contributed by atoms with E-state index in [1.54, 1.807) is 13.8 Å². The molecule has 1 N–H and O–H groups in total. The smallest absolute Gasteiger partial charge is 0.0851 e. The zero-order valence-corrected chi connectivity index (χ0v) is 9.14. The number of benzene rings is 1. The Bertz CT molecular complexity index is 286. The number of rotatable bonds is 1. The molecule has 0 aliphatic rings. The van der Waals surface area contributed by atoms with E-state index in [1.807, 2.05) is 25.1 Å². The fraction of sp³-hybridized carbons (Fsp3) is 0.400. The van der Waals surface area contributed by atoms with Crippen molar-refractivity contribution in [2.75, 3.05) is 0 Å². The molecule has 2 heteroatoms. The first kappa shape index (κ1) is 9.75. The maximum atomic E-state index is 9.76. The predicted molar refractivity (Wildman–Crippen MR) is 54.1 cm³/mol. The quantitative estimate of drug-likeness (QED) is 0.784. The van der Waals surface area contributed by atoms with E-state index in [-0.39, 0.29) is 0 Å². The monoisotopic (exact) mass is 228 g/mol. The van der Waals surface area contributed by atoms with E-state index in [0.29, 0.717) is 0 Å². The van der Waals surface area contributed by atoms with Crippen LogP contribution in [-0.2, 0) is 5.60 Å². The van der Waals surface area contributed by atoms with Gasteiger partial charge in [-0.15, -0.1) is 0 Å². The van der Waals surface area contributed by atoms with Gasteiger partial charge in [-0.05, 0) is 31.9 Å². The molecular weight excluding hydrogens is 216 g/mol. The minimum Gasteiger partial charge on any atom is -0.386 e. The summed E-state index contributed by atoms with van der Waals surface area (Å²) in [5.74, 6) is 0. The Morgan fingerprint density at radius 3 is 2.33 bits per heavy atom. The first-order valence-electron chi connectivity index (χ1n) is 3.91. The van der Waals surface area contributed by atoms with Crippen LogP contribution in [0, 0.1) is 6.92 Å². The number of aliphatic hydroxyl groups is 1. The Hall–Kier alpha value is -0.340. The van der Waals surface area contributed by atoms with Crippen molar-refractivity contribution in [3.8, 4) is 0 Å². The van der Waals surface area contributed by atoms with E-state index in [9.17, 15) is 5.11 Å². The molecule has 1 rings (SSSR count). The van der Waals surface area contributed by atoms with Crippen LogP contribution < -0.4 is 0 Å². The van der Waals surface area contributed by atoms with Crippen molar-refractivity contribution in [1.29, 1.82) is 0 Å². The number of hydrogen-bond acceptors (Lipinski definition) is 1. The number of aryl methyl sites for hydroxylation is 1. The second-order valence-corrected chi connectivity index (χ2v) is 4.29. The average molecular weight is 229 g/mol. The molecule has 0 unspecified atom stereocenters. The van der Waals surface area contributed by atoms with Crippen LogP contribution in [0.3, 0.4) is 0 Å². The summed E-state index contributed by atoms with van der Waals surface area (Å²) in [6, 6.07) is 5.89. The number of hydrogen-bond donors (Lipinski definition) is 1. The van der Waals surface area contributed by atoms with Gasteiger partial charge in [-0.3, -0.25) is 0 Å². The minimum atomic E-state index is -0.773. The van der Waals surface area contributed by atoms with E-state index >= 15 is 0 Å². The summed E-state index contributed by atoms with van der Waals surface area (Å²) in [4.78, 5) is 0.